The standard InChI is InChI=1S/C32H34BrN3O3/c1-6-9-25-16-24(17-29(38-8-3)30(25)39-20-23-12-10-21(4)11-13-23)19-34-36-31(22(5)7-2)35-28-15-14-26(33)18-27(28)32(36)37/h6,10-19,22H,1,7-9,20H2,2-5H3/t22-/m1/s1. The summed E-state index contributed by atoms with van der Waals surface area (Å²) in [6.45, 7) is 12.9. The second-order valence-corrected chi connectivity index (χ2v) is 10.4. The van der Waals surface area contributed by atoms with Gasteiger partial charge in [-0.3, -0.25) is 4.79 Å². The van der Waals surface area contributed by atoms with Gasteiger partial charge in [-0.2, -0.15) is 9.78 Å². The predicted molar refractivity (Wildman–Crippen MR) is 162 cm³/mol. The lowest BCUT2D eigenvalue weighted by Crippen LogP contribution is -2.23. The van der Waals surface area contributed by atoms with Crippen LogP contribution in [0.25, 0.3) is 10.9 Å². The first-order chi connectivity index (χ1) is 18.8. The number of hydrogen-bond donors (Lipinski definition) is 0. The summed E-state index contributed by atoms with van der Waals surface area (Å²) >= 11 is 3.46. The number of rotatable bonds is 11. The largest absolute Gasteiger partial charge is 0.490 e. The third-order valence-electron chi connectivity index (χ3n) is 6.53. The Morgan fingerprint density at radius 2 is 1.87 bits per heavy atom. The van der Waals surface area contributed by atoms with Gasteiger partial charge in [-0.1, -0.05) is 65.7 Å². The molecule has 4 rings (SSSR count). The van der Waals surface area contributed by atoms with Crippen LogP contribution in [-0.2, 0) is 13.0 Å². The highest BCUT2D eigenvalue weighted by Crippen LogP contribution is 2.34. The minimum atomic E-state index is -0.206. The van der Waals surface area contributed by atoms with E-state index in [1.54, 1.807) is 12.3 Å². The Hall–Kier alpha value is -3.71. The number of allylic oxidation sites excluding steroid dienone is 1. The lowest BCUT2D eigenvalue weighted by molar-refractivity contribution is 0.267. The summed E-state index contributed by atoms with van der Waals surface area (Å²) < 4.78 is 14.5. The fraction of sp³-hybridized carbons (Fsp3) is 0.281. The molecule has 0 saturated carbocycles. The highest BCUT2D eigenvalue weighted by Gasteiger charge is 2.17. The van der Waals surface area contributed by atoms with Crippen molar-refractivity contribution in [2.45, 2.75) is 53.1 Å². The molecule has 0 radical (unpaired) electrons. The lowest BCUT2D eigenvalue weighted by atomic mass is 10.1. The van der Waals surface area contributed by atoms with Gasteiger partial charge in [0.05, 0.1) is 23.7 Å². The number of benzene rings is 3. The van der Waals surface area contributed by atoms with Crippen LogP contribution >= 0.6 is 15.9 Å². The topological polar surface area (TPSA) is 65.7 Å². The number of aryl methyl sites for hydroxylation is 1. The third-order valence-corrected chi connectivity index (χ3v) is 7.02. The molecule has 0 unspecified atom stereocenters. The Morgan fingerprint density at radius 1 is 1.10 bits per heavy atom. The average Bonchev–Trinajstić information content (AvgIpc) is 2.93. The van der Waals surface area contributed by atoms with Crippen LogP contribution in [0.15, 0.2) is 81.6 Å². The summed E-state index contributed by atoms with van der Waals surface area (Å²) in [5.41, 5.74) is 4.45. The molecule has 0 aliphatic rings. The fourth-order valence-electron chi connectivity index (χ4n) is 4.24. The molecule has 4 aromatic rings. The molecule has 39 heavy (non-hydrogen) atoms. The Balaban J connectivity index is 1.76. The van der Waals surface area contributed by atoms with Gasteiger partial charge in [0.1, 0.15) is 12.4 Å². The second-order valence-electron chi connectivity index (χ2n) is 9.51. The van der Waals surface area contributed by atoms with Crippen LogP contribution < -0.4 is 15.0 Å². The first kappa shape index (κ1) is 28.3. The van der Waals surface area contributed by atoms with Gasteiger partial charge in [-0.25, -0.2) is 4.98 Å². The van der Waals surface area contributed by atoms with Crippen LogP contribution in [0.3, 0.4) is 0 Å². The van der Waals surface area contributed by atoms with E-state index in [1.165, 1.54) is 10.2 Å². The Labute approximate surface area is 238 Å². The van der Waals surface area contributed by atoms with Crippen molar-refractivity contribution in [3.63, 3.8) is 0 Å². The number of fused-ring (bicyclic) bond motifs is 1. The van der Waals surface area contributed by atoms with Crippen LogP contribution in [-0.4, -0.2) is 22.5 Å². The van der Waals surface area contributed by atoms with E-state index in [0.717, 1.165) is 27.6 Å². The minimum absolute atomic E-state index is 0.0516. The number of nitrogens with zero attached hydrogens (tertiary/aromatic N) is 3. The molecule has 0 aliphatic carbocycles. The highest BCUT2D eigenvalue weighted by molar-refractivity contribution is 9.10. The Morgan fingerprint density at radius 3 is 2.56 bits per heavy atom. The predicted octanol–water partition coefficient (Wildman–Crippen LogP) is 7.57. The molecule has 1 aromatic heterocycles. The van der Waals surface area contributed by atoms with Crippen molar-refractivity contribution in [2.24, 2.45) is 5.10 Å². The first-order valence-corrected chi connectivity index (χ1v) is 14.0. The molecule has 0 amide bonds. The van der Waals surface area contributed by atoms with Crippen LogP contribution in [0, 0.1) is 6.92 Å². The number of aromatic nitrogens is 2. The van der Waals surface area contributed by atoms with Crippen molar-refractivity contribution in [2.75, 3.05) is 6.61 Å². The van der Waals surface area contributed by atoms with E-state index in [0.29, 0.717) is 47.9 Å². The summed E-state index contributed by atoms with van der Waals surface area (Å²) in [6.07, 6.45) is 4.93. The average molecular weight is 589 g/mol. The molecule has 6 nitrogen and oxygen atoms in total. The molecule has 1 atom stereocenters. The maximum absolute atomic E-state index is 13.5. The van der Waals surface area contributed by atoms with Gasteiger partial charge in [0.2, 0.25) is 0 Å². The third kappa shape index (κ3) is 6.66. The first-order valence-electron chi connectivity index (χ1n) is 13.2. The smallest absolute Gasteiger partial charge is 0.282 e. The molecule has 202 valence electrons. The maximum Gasteiger partial charge on any atom is 0.282 e. The normalized spacial score (nSPS) is 12.1. The Bertz CT molecular complexity index is 1560. The van der Waals surface area contributed by atoms with Crippen molar-refractivity contribution in [1.29, 1.82) is 0 Å². The van der Waals surface area contributed by atoms with Gasteiger partial charge < -0.3 is 9.47 Å². The molecule has 0 bridgehead atoms. The lowest BCUT2D eigenvalue weighted by Gasteiger charge is -2.17. The molecule has 7 heteroatoms. The molecular weight excluding hydrogens is 554 g/mol. The summed E-state index contributed by atoms with van der Waals surface area (Å²) in [6, 6.07) is 17.7. The van der Waals surface area contributed by atoms with E-state index >= 15 is 0 Å². The second kappa shape index (κ2) is 12.9. The van der Waals surface area contributed by atoms with Gasteiger partial charge >= 0.3 is 0 Å². The monoisotopic (exact) mass is 587 g/mol. The molecule has 0 N–H and O–H groups in total. The van der Waals surface area contributed by atoms with E-state index in [4.69, 9.17) is 14.5 Å². The van der Waals surface area contributed by atoms with Crippen LogP contribution in [0.5, 0.6) is 11.5 Å². The van der Waals surface area contributed by atoms with E-state index in [2.05, 4.69) is 65.7 Å². The van der Waals surface area contributed by atoms with Crippen molar-refractivity contribution < 1.29 is 9.47 Å². The SMILES string of the molecule is C=CCc1cc(C=Nn2c([C@H](C)CC)nc3ccc(Br)cc3c2=O)cc(OCC)c1OCc1ccc(C)cc1. The van der Waals surface area contributed by atoms with E-state index in [-0.39, 0.29) is 11.5 Å². The summed E-state index contributed by atoms with van der Waals surface area (Å²) in [4.78, 5) is 18.3. The van der Waals surface area contributed by atoms with Gasteiger partial charge in [-0.15, -0.1) is 6.58 Å². The summed E-state index contributed by atoms with van der Waals surface area (Å²) in [7, 11) is 0. The number of hydrogen-bond acceptors (Lipinski definition) is 5. The van der Waals surface area contributed by atoms with Gasteiger partial charge in [0, 0.05) is 16.0 Å². The van der Waals surface area contributed by atoms with Crippen molar-refractivity contribution in [3.8, 4) is 11.5 Å². The van der Waals surface area contributed by atoms with Gasteiger partial charge in [-0.05, 0) is 68.1 Å². The summed E-state index contributed by atoms with van der Waals surface area (Å²) in [5, 5.41) is 5.15. The number of ether oxygens (including phenoxy) is 2. The fourth-order valence-corrected chi connectivity index (χ4v) is 4.60. The van der Waals surface area contributed by atoms with E-state index in [9.17, 15) is 4.79 Å². The highest BCUT2D eigenvalue weighted by atomic mass is 79.9. The van der Waals surface area contributed by atoms with E-state index in [1.807, 2.05) is 44.2 Å². The van der Waals surface area contributed by atoms with Crippen molar-refractivity contribution in [1.82, 2.24) is 9.66 Å². The zero-order valence-corrected chi connectivity index (χ0v) is 24.5. The van der Waals surface area contributed by atoms with Gasteiger partial charge in [0.25, 0.3) is 5.56 Å². The molecule has 0 saturated heterocycles. The zero-order valence-electron chi connectivity index (χ0n) is 22.9. The maximum atomic E-state index is 13.5. The molecule has 3 aromatic carbocycles. The van der Waals surface area contributed by atoms with Crippen LogP contribution in [0.2, 0.25) is 0 Å². The van der Waals surface area contributed by atoms with Crippen LogP contribution in [0.4, 0.5) is 0 Å². The van der Waals surface area contributed by atoms with E-state index < -0.39 is 0 Å². The number of halogens is 1. The molecular formula is C32H34BrN3O3. The minimum Gasteiger partial charge on any atom is -0.490 e. The Kier molecular flexibility index (Phi) is 9.36. The van der Waals surface area contributed by atoms with Gasteiger partial charge in [0.15, 0.2) is 11.5 Å². The van der Waals surface area contributed by atoms with Crippen molar-refractivity contribution >= 4 is 33.0 Å². The van der Waals surface area contributed by atoms with Crippen molar-refractivity contribution in [3.05, 3.63) is 110 Å². The molecule has 0 spiro atoms. The quantitative estimate of drug-likeness (QED) is 0.134. The molecule has 1 heterocycles. The summed E-state index contributed by atoms with van der Waals surface area (Å²) in [5.74, 6) is 1.99. The van der Waals surface area contributed by atoms with Crippen LogP contribution in [0.1, 0.15) is 61.2 Å². The molecule has 0 aliphatic heterocycles. The molecule has 0 fully saturated rings. The zero-order chi connectivity index (χ0) is 27.9.